The van der Waals surface area contributed by atoms with Crippen LogP contribution in [0.1, 0.15) is 64.7 Å². The highest BCUT2D eigenvalue weighted by Crippen LogP contribution is 2.08. The van der Waals surface area contributed by atoms with Crippen LogP contribution >= 0.6 is 0 Å². The molecule has 0 spiro atoms. The Morgan fingerprint density at radius 1 is 0.806 bits per heavy atom. The summed E-state index contributed by atoms with van der Waals surface area (Å²) >= 11 is 0. The van der Waals surface area contributed by atoms with Crippen molar-refractivity contribution in [2.24, 2.45) is 0 Å². The van der Waals surface area contributed by atoms with Gasteiger partial charge in [-0.3, -0.25) is 4.79 Å². The number of rotatable bonds is 20. The number of ether oxygens (including phenoxy) is 1. The third-order valence-corrected chi connectivity index (χ3v) is 5.12. The van der Waals surface area contributed by atoms with Crippen LogP contribution in [0.2, 0.25) is 0 Å². The van der Waals surface area contributed by atoms with Crippen LogP contribution in [-0.2, 0) is 14.3 Å². The van der Waals surface area contributed by atoms with Gasteiger partial charge in [0.2, 0.25) is 0 Å². The lowest BCUT2D eigenvalue weighted by Crippen LogP contribution is -2.45. The number of aliphatic hydroxyl groups excluding tert-OH is 2. The number of hydrogen-bond donors (Lipinski definition) is 2. The standard InChI is InChI=1S/C29H47NO6/c1-5-26(31)27(32)21-19-17-15-13-11-9-7-6-8-10-12-14-16-18-20-22-29(35)36-25(23-28(33)34)24-30(2,3)4/h6-7,10-13,16-19,25-27,31-32H,5,8-9,14-15,20-24H2,1-4H3/b7-6+,12-10+,13-11+,18-16+,19-17+. The maximum Gasteiger partial charge on any atom is 0.306 e. The van der Waals surface area contributed by atoms with Crippen LogP contribution in [0.3, 0.4) is 0 Å². The average molecular weight is 506 g/mol. The van der Waals surface area contributed by atoms with Gasteiger partial charge in [-0.05, 0) is 44.9 Å². The highest BCUT2D eigenvalue weighted by molar-refractivity contribution is 5.71. The van der Waals surface area contributed by atoms with Gasteiger partial charge in [0.1, 0.15) is 6.54 Å². The first kappa shape index (κ1) is 33.5. The van der Waals surface area contributed by atoms with Gasteiger partial charge in [0, 0.05) is 18.8 Å². The summed E-state index contributed by atoms with van der Waals surface area (Å²) in [4.78, 5) is 22.9. The molecular formula is C29H47NO6. The molecule has 0 aliphatic carbocycles. The predicted octanol–water partition coefficient (Wildman–Crippen LogP) is 3.39. The van der Waals surface area contributed by atoms with E-state index in [1.165, 1.54) is 0 Å². The van der Waals surface area contributed by atoms with Gasteiger partial charge in [-0.1, -0.05) is 67.7 Å². The van der Waals surface area contributed by atoms with Crippen LogP contribution in [-0.4, -0.2) is 72.6 Å². The summed E-state index contributed by atoms with van der Waals surface area (Å²) in [6.07, 6.45) is 23.2. The van der Waals surface area contributed by atoms with E-state index in [9.17, 15) is 24.9 Å². The number of carboxylic acid groups (broad SMARTS) is 1. The molecule has 0 saturated heterocycles. The maximum absolute atomic E-state index is 12.0. The van der Waals surface area contributed by atoms with Crippen LogP contribution in [0.5, 0.6) is 0 Å². The molecule has 204 valence electrons. The molecule has 0 heterocycles. The number of aliphatic carboxylic acids is 1. The number of quaternary nitrogens is 1. The summed E-state index contributed by atoms with van der Waals surface area (Å²) in [5.74, 6) is -1.61. The van der Waals surface area contributed by atoms with E-state index in [2.05, 4.69) is 36.5 Å². The van der Waals surface area contributed by atoms with Crippen molar-refractivity contribution in [3.05, 3.63) is 60.8 Å². The molecule has 3 unspecified atom stereocenters. The minimum Gasteiger partial charge on any atom is -0.550 e. The Hall–Kier alpha value is -2.48. The van der Waals surface area contributed by atoms with E-state index in [-0.39, 0.29) is 12.8 Å². The van der Waals surface area contributed by atoms with Crippen LogP contribution in [0.4, 0.5) is 0 Å². The van der Waals surface area contributed by atoms with Crippen molar-refractivity contribution < 1.29 is 34.1 Å². The highest BCUT2D eigenvalue weighted by atomic mass is 16.5. The second-order valence-corrected chi connectivity index (χ2v) is 9.78. The van der Waals surface area contributed by atoms with Crippen molar-refractivity contribution in [3.63, 3.8) is 0 Å². The third-order valence-electron chi connectivity index (χ3n) is 5.12. The molecule has 0 aromatic heterocycles. The summed E-state index contributed by atoms with van der Waals surface area (Å²) in [5, 5.41) is 30.0. The summed E-state index contributed by atoms with van der Waals surface area (Å²) in [5.41, 5.74) is 0. The molecular weight excluding hydrogens is 458 g/mol. The molecule has 0 aliphatic heterocycles. The molecule has 2 N–H and O–H groups in total. The van der Waals surface area contributed by atoms with E-state index in [0.717, 1.165) is 25.7 Å². The van der Waals surface area contributed by atoms with Gasteiger partial charge < -0.3 is 29.3 Å². The lowest BCUT2D eigenvalue weighted by molar-refractivity contribution is -0.873. The smallest absolute Gasteiger partial charge is 0.306 e. The first-order valence-corrected chi connectivity index (χ1v) is 12.9. The number of aliphatic hydroxyl groups is 2. The number of carboxylic acids is 1. The fraction of sp³-hybridized carbons (Fsp3) is 0.586. The van der Waals surface area contributed by atoms with Crippen LogP contribution in [0.15, 0.2) is 60.8 Å². The van der Waals surface area contributed by atoms with Crippen LogP contribution < -0.4 is 5.11 Å². The van der Waals surface area contributed by atoms with Crippen molar-refractivity contribution in [2.75, 3.05) is 27.7 Å². The van der Waals surface area contributed by atoms with Crippen molar-refractivity contribution >= 4 is 11.9 Å². The van der Waals surface area contributed by atoms with Crippen LogP contribution in [0, 0.1) is 0 Å². The Kier molecular flexibility index (Phi) is 19.3. The third kappa shape index (κ3) is 22.0. The largest absolute Gasteiger partial charge is 0.550 e. The monoisotopic (exact) mass is 505 g/mol. The maximum atomic E-state index is 12.0. The molecule has 0 aromatic carbocycles. The first-order chi connectivity index (χ1) is 17.0. The van der Waals surface area contributed by atoms with E-state index in [0.29, 0.717) is 30.3 Å². The SMILES string of the molecule is CCC(O)C(O)C/C=C/C/C=C/C/C=C/C/C=C/C/C=C/CCC(=O)OC(CC(=O)[O-])C[N+](C)(C)C. The second kappa shape index (κ2) is 20.7. The number of carbonyl (C=O) groups is 2. The minimum atomic E-state index is -1.22. The zero-order valence-electron chi connectivity index (χ0n) is 22.6. The quantitative estimate of drug-likeness (QED) is 0.149. The number of likely N-dealkylation sites (N-methyl/N-ethyl adjacent to an activating group) is 1. The average Bonchev–Trinajstić information content (AvgIpc) is 2.78. The molecule has 0 radical (unpaired) electrons. The second-order valence-electron chi connectivity index (χ2n) is 9.78. The Morgan fingerprint density at radius 3 is 1.72 bits per heavy atom. The molecule has 7 heteroatoms. The Bertz CT molecular complexity index is 745. The predicted molar refractivity (Wildman–Crippen MR) is 143 cm³/mol. The zero-order chi connectivity index (χ0) is 27.2. The highest BCUT2D eigenvalue weighted by Gasteiger charge is 2.22. The Morgan fingerprint density at radius 2 is 1.28 bits per heavy atom. The fourth-order valence-corrected chi connectivity index (χ4v) is 3.25. The molecule has 0 aromatic rings. The molecule has 0 saturated carbocycles. The van der Waals surface area contributed by atoms with Gasteiger partial charge in [-0.15, -0.1) is 0 Å². The molecule has 7 nitrogen and oxygen atoms in total. The molecule has 0 rings (SSSR count). The number of esters is 1. The Balaban J connectivity index is 3.93. The van der Waals surface area contributed by atoms with Gasteiger partial charge in [0.15, 0.2) is 6.10 Å². The molecule has 0 aliphatic rings. The summed E-state index contributed by atoms with van der Waals surface area (Å²) in [6, 6.07) is 0. The molecule has 0 fully saturated rings. The summed E-state index contributed by atoms with van der Waals surface area (Å²) in [7, 11) is 5.74. The van der Waals surface area contributed by atoms with Crippen molar-refractivity contribution in [2.45, 2.75) is 83.0 Å². The number of carbonyl (C=O) groups excluding carboxylic acids is 2. The lowest BCUT2D eigenvalue weighted by atomic mass is 10.1. The van der Waals surface area contributed by atoms with E-state index in [1.54, 1.807) is 0 Å². The molecule has 0 amide bonds. The number of nitrogens with zero attached hydrogens (tertiary/aromatic N) is 1. The minimum absolute atomic E-state index is 0.219. The van der Waals surface area contributed by atoms with Gasteiger partial charge in [-0.2, -0.15) is 0 Å². The zero-order valence-corrected chi connectivity index (χ0v) is 22.6. The number of allylic oxidation sites excluding steroid dienone is 9. The fourth-order valence-electron chi connectivity index (χ4n) is 3.25. The lowest BCUT2D eigenvalue weighted by Gasteiger charge is -2.29. The Labute approximate surface area is 217 Å². The van der Waals surface area contributed by atoms with E-state index in [4.69, 9.17) is 4.74 Å². The topological polar surface area (TPSA) is 107 Å². The van der Waals surface area contributed by atoms with E-state index in [1.807, 2.05) is 52.4 Å². The van der Waals surface area contributed by atoms with Crippen molar-refractivity contribution in [1.29, 1.82) is 0 Å². The molecule has 36 heavy (non-hydrogen) atoms. The van der Waals surface area contributed by atoms with E-state index < -0.39 is 30.3 Å². The van der Waals surface area contributed by atoms with Gasteiger partial charge >= 0.3 is 5.97 Å². The van der Waals surface area contributed by atoms with Crippen molar-refractivity contribution in [3.8, 4) is 0 Å². The van der Waals surface area contributed by atoms with Gasteiger partial charge in [-0.25, -0.2) is 0 Å². The van der Waals surface area contributed by atoms with Crippen molar-refractivity contribution in [1.82, 2.24) is 0 Å². The van der Waals surface area contributed by atoms with Gasteiger partial charge in [0.05, 0.1) is 33.4 Å². The summed E-state index contributed by atoms with van der Waals surface area (Å²) in [6.45, 7) is 2.26. The van der Waals surface area contributed by atoms with Crippen LogP contribution in [0.25, 0.3) is 0 Å². The summed E-state index contributed by atoms with van der Waals surface area (Å²) < 4.78 is 5.83. The number of hydrogen-bond acceptors (Lipinski definition) is 6. The first-order valence-electron chi connectivity index (χ1n) is 12.9. The normalized spacial score (nSPS) is 15.5. The molecule has 0 bridgehead atoms. The van der Waals surface area contributed by atoms with E-state index >= 15 is 0 Å². The molecule has 3 atom stereocenters. The van der Waals surface area contributed by atoms with Gasteiger partial charge in [0.25, 0.3) is 0 Å².